The van der Waals surface area contributed by atoms with Gasteiger partial charge >= 0.3 is 16.3 Å². The van der Waals surface area contributed by atoms with Crippen molar-refractivity contribution in [1.29, 1.82) is 0 Å². The molecule has 0 saturated carbocycles. The van der Waals surface area contributed by atoms with Crippen LogP contribution in [-0.2, 0) is 35.9 Å². The number of fused-ring (bicyclic) bond motifs is 7. The molecule has 2 aromatic heterocycles. The number of rotatable bonds is 9. The third kappa shape index (κ3) is 9.68. The molecule has 4 atom stereocenters. The minimum atomic E-state index is -1.92. The standard InChI is InChI=1S/C52H70N2O11P2/c1-48(2,3)36-23-28(55-15)19-32-33-20-29(56-16)24-37(49(4,5)6)43(33)63-66(62-42(32)36)53-27-40-41(46-47(59-40)61-52(13,14)60-46)54-67-64-44-34(21-30(57-17)25-38(44)50(7,8)9)35-22-31(58-18)26-39(45(35)65-67)51(10,11)12/h19-26,40-41,46-47,53-54H,27H2,1-18H3/t40-,41-,46-,47-/m1/s1. The minimum Gasteiger partial charge on any atom is -0.497 e. The van der Waals surface area contributed by atoms with Gasteiger partial charge in [-0.3, -0.25) is 0 Å². The van der Waals surface area contributed by atoms with Crippen molar-refractivity contribution >= 4 is 60.2 Å². The van der Waals surface area contributed by atoms with Crippen molar-refractivity contribution in [3.8, 4) is 23.0 Å². The predicted octanol–water partition coefficient (Wildman–Crippen LogP) is 14.1. The third-order valence-electron chi connectivity index (χ3n) is 12.5. The van der Waals surface area contributed by atoms with Crippen molar-refractivity contribution in [2.24, 2.45) is 0 Å². The Bertz CT molecular complexity index is 2760. The molecule has 2 fully saturated rings. The first-order valence-corrected chi connectivity index (χ1v) is 25.3. The average molecular weight is 961 g/mol. The van der Waals surface area contributed by atoms with Crippen LogP contribution in [0.25, 0.3) is 43.9 Å². The summed E-state index contributed by atoms with van der Waals surface area (Å²) >= 11 is 0. The van der Waals surface area contributed by atoms with Crippen LogP contribution in [0.4, 0.5) is 0 Å². The lowest BCUT2D eigenvalue weighted by Crippen LogP contribution is -2.42. The fourth-order valence-corrected chi connectivity index (χ4v) is 11.6. The summed E-state index contributed by atoms with van der Waals surface area (Å²) in [4.78, 5) is 0. The highest BCUT2D eigenvalue weighted by Gasteiger charge is 2.55. The highest BCUT2D eigenvalue weighted by molar-refractivity contribution is 7.39. The second-order valence-corrected chi connectivity index (χ2v) is 24.6. The molecule has 67 heavy (non-hydrogen) atoms. The summed E-state index contributed by atoms with van der Waals surface area (Å²) in [5.41, 5.74) is 5.44. The molecule has 4 aromatic carbocycles. The molecule has 6 aromatic rings. The zero-order valence-corrected chi connectivity index (χ0v) is 44.3. The summed E-state index contributed by atoms with van der Waals surface area (Å²) in [5, 5.41) is 10.9. The van der Waals surface area contributed by atoms with E-state index >= 15 is 0 Å². The van der Waals surface area contributed by atoms with Crippen molar-refractivity contribution < 1.29 is 49.9 Å². The van der Waals surface area contributed by atoms with E-state index in [1.165, 1.54) is 0 Å². The van der Waals surface area contributed by atoms with Gasteiger partial charge in [-0.2, -0.15) is 0 Å². The van der Waals surface area contributed by atoms with Crippen LogP contribution in [0, 0.1) is 0 Å². The molecule has 4 heterocycles. The fourth-order valence-electron chi connectivity index (χ4n) is 8.98. The average Bonchev–Trinajstić information content (AvgIpc) is 3.56. The Labute approximate surface area is 396 Å². The Kier molecular flexibility index (Phi) is 12.9. The Hall–Kier alpha value is -4.32. The molecule has 0 unspecified atom stereocenters. The molecule has 2 aliphatic rings. The van der Waals surface area contributed by atoms with Crippen molar-refractivity contribution in [2.45, 2.75) is 149 Å². The number of hydrogen-bond donors (Lipinski definition) is 2. The molecule has 0 bridgehead atoms. The van der Waals surface area contributed by atoms with Crippen LogP contribution in [0.1, 0.15) is 119 Å². The monoisotopic (exact) mass is 960 g/mol. The van der Waals surface area contributed by atoms with E-state index in [4.69, 9.17) is 49.9 Å². The van der Waals surface area contributed by atoms with Crippen LogP contribution in [0.5, 0.6) is 23.0 Å². The quantitative estimate of drug-likeness (QED) is 0.142. The van der Waals surface area contributed by atoms with Crippen molar-refractivity contribution in [3.05, 3.63) is 70.8 Å². The van der Waals surface area contributed by atoms with Crippen LogP contribution in [-0.4, -0.2) is 65.3 Å². The molecule has 2 N–H and O–H groups in total. The second-order valence-electron chi connectivity index (χ2n) is 22.2. The molecular weight excluding hydrogens is 891 g/mol. The summed E-state index contributed by atoms with van der Waals surface area (Å²) in [6.07, 6.45) is -1.71. The Balaban J connectivity index is 1.32. The zero-order chi connectivity index (χ0) is 48.8. The fraction of sp³-hybridized carbons (Fsp3) is 0.538. The summed E-state index contributed by atoms with van der Waals surface area (Å²) in [6, 6.07) is 15.8. The molecule has 0 amide bonds. The minimum absolute atomic E-state index is 0.293. The smallest absolute Gasteiger partial charge is 0.307 e. The van der Waals surface area contributed by atoms with Gasteiger partial charge in [0.2, 0.25) is 0 Å². The normalized spacial score (nSPS) is 19.9. The van der Waals surface area contributed by atoms with E-state index in [1.54, 1.807) is 28.4 Å². The highest BCUT2D eigenvalue weighted by atomic mass is 31.1. The molecule has 15 heteroatoms. The van der Waals surface area contributed by atoms with Crippen LogP contribution in [0.15, 0.2) is 65.3 Å². The van der Waals surface area contributed by atoms with Gasteiger partial charge in [0.05, 0.1) is 40.6 Å². The van der Waals surface area contributed by atoms with E-state index < -0.39 is 46.7 Å². The van der Waals surface area contributed by atoms with Gasteiger partial charge in [0.15, 0.2) is 12.1 Å². The third-order valence-corrected chi connectivity index (χ3v) is 14.9. The molecular formula is C52H70N2O11P2. The largest absolute Gasteiger partial charge is 0.497 e. The van der Waals surface area contributed by atoms with Gasteiger partial charge in [-0.15, -0.1) is 0 Å². The predicted molar refractivity (Wildman–Crippen MR) is 270 cm³/mol. The summed E-state index contributed by atoms with van der Waals surface area (Å²) < 4.78 is 71.9. The van der Waals surface area contributed by atoms with Gasteiger partial charge in [-0.25, -0.2) is 10.2 Å². The SMILES string of the molecule is COc1cc(C(C)(C)C)c2op(NC[C@H]3O[C@@H]4OC(C)(C)O[C@@H]4[C@@H]3Np3oc4c(C(C)(C)C)cc(OC)cc4c4cc(OC)cc(C(C)(C)C)c4o3)oc3c(C(C)(C)C)cc(OC)cc3c2c1. The van der Waals surface area contributed by atoms with E-state index in [9.17, 15) is 0 Å². The van der Waals surface area contributed by atoms with E-state index in [2.05, 4.69) is 93.3 Å². The van der Waals surface area contributed by atoms with E-state index in [1.807, 2.05) is 62.4 Å². The summed E-state index contributed by atoms with van der Waals surface area (Å²) in [6.45, 7) is 30.1. The van der Waals surface area contributed by atoms with Crippen LogP contribution >= 0.6 is 16.3 Å². The number of ether oxygens (including phenoxy) is 7. The molecule has 0 aliphatic carbocycles. The highest BCUT2D eigenvalue weighted by Crippen LogP contribution is 2.49. The summed E-state index contributed by atoms with van der Waals surface area (Å²) in [5.74, 6) is 1.98. The molecule has 8 rings (SSSR count). The number of nitrogens with one attached hydrogen (secondary N) is 2. The van der Waals surface area contributed by atoms with Crippen molar-refractivity contribution in [2.75, 3.05) is 45.2 Å². The molecule has 364 valence electrons. The van der Waals surface area contributed by atoms with Crippen LogP contribution in [0.3, 0.4) is 0 Å². The Morgan fingerprint density at radius 2 is 0.821 bits per heavy atom. The molecule has 2 aliphatic heterocycles. The van der Waals surface area contributed by atoms with Gasteiger partial charge in [0, 0.05) is 50.3 Å². The molecule has 0 radical (unpaired) electrons. The molecule has 13 nitrogen and oxygen atoms in total. The lowest BCUT2D eigenvalue weighted by Gasteiger charge is -2.25. The van der Waals surface area contributed by atoms with Gasteiger partial charge in [0.1, 0.15) is 51.4 Å². The van der Waals surface area contributed by atoms with Crippen molar-refractivity contribution in [1.82, 2.24) is 0 Å². The van der Waals surface area contributed by atoms with Gasteiger partial charge in [0.25, 0.3) is 0 Å². The van der Waals surface area contributed by atoms with Crippen LogP contribution < -0.4 is 29.1 Å². The maximum Gasteiger partial charge on any atom is 0.307 e. The zero-order valence-electron chi connectivity index (χ0n) is 42.5. The molecule has 0 spiro atoms. The van der Waals surface area contributed by atoms with E-state index in [0.717, 1.165) is 55.3 Å². The summed E-state index contributed by atoms with van der Waals surface area (Å²) in [7, 11) is 2.99. The first-order valence-electron chi connectivity index (χ1n) is 23.0. The van der Waals surface area contributed by atoms with Gasteiger partial charge < -0.3 is 49.9 Å². The van der Waals surface area contributed by atoms with Crippen LogP contribution in [0.2, 0.25) is 0 Å². The van der Waals surface area contributed by atoms with Gasteiger partial charge in [-0.05, 0) is 84.0 Å². The van der Waals surface area contributed by atoms with Gasteiger partial charge in [-0.1, -0.05) is 83.1 Å². The van der Waals surface area contributed by atoms with Crippen molar-refractivity contribution in [3.63, 3.8) is 0 Å². The Morgan fingerprint density at radius 1 is 0.493 bits per heavy atom. The maximum atomic E-state index is 7.16. The van der Waals surface area contributed by atoms with E-state index in [0.29, 0.717) is 40.4 Å². The molecule has 2 saturated heterocycles. The first kappa shape index (κ1) is 49.1. The number of hydrogen-bond acceptors (Lipinski definition) is 13. The van der Waals surface area contributed by atoms with E-state index in [-0.39, 0.29) is 21.7 Å². The second kappa shape index (κ2) is 17.6. The lowest BCUT2D eigenvalue weighted by atomic mass is 9.84. The lowest BCUT2D eigenvalue weighted by molar-refractivity contribution is -0.204. The number of methoxy groups -OCH3 is 4. The first-order chi connectivity index (χ1) is 31.2. The topological polar surface area (TPSA) is 141 Å². The maximum absolute atomic E-state index is 7.16. The Morgan fingerprint density at radius 3 is 1.13 bits per heavy atom. The number of benzene rings is 4.